The molecule has 0 radical (unpaired) electrons. The van der Waals surface area contributed by atoms with Crippen molar-refractivity contribution in [1.29, 1.82) is 0 Å². The van der Waals surface area contributed by atoms with E-state index in [4.69, 9.17) is 5.11 Å². The van der Waals surface area contributed by atoms with Crippen LogP contribution in [0.25, 0.3) is 0 Å². The minimum atomic E-state index is 0.181. The Morgan fingerprint density at radius 1 is 1.40 bits per heavy atom. The molecule has 1 aliphatic rings. The van der Waals surface area contributed by atoms with Crippen LogP contribution in [0.5, 0.6) is 0 Å². The topological polar surface area (TPSA) is 49.2 Å². The lowest BCUT2D eigenvalue weighted by Crippen LogP contribution is -2.36. The fourth-order valence-corrected chi connectivity index (χ4v) is 2.26. The van der Waals surface area contributed by atoms with Gasteiger partial charge in [0.1, 0.15) is 12.1 Å². The molecule has 1 heterocycles. The van der Waals surface area contributed by atoms with E-state index in [0.717, 1.165) is 5.82 Å². The fourth-order valence-electron chi connectivity index (χ4n) is 2.26. The molecule has 82 valence electrons. The van der Waals surface area contributed by atoms with Crippen molar-refractivity contribution in [1.82, 2.24) is 9.97 Å². The van der Waals surface area contributed by atoms with E-state index in [1.807, 2.05) is 6.07 Å². The molecule has 1 saturated carbocycles. The molecule has 4 heteroatoms. The van der Waals surface area contributed by atoms with Crippen LogP contribution in [0, 0.1) is 0 Å². The van der Waals surface area contributed by atoms with Crippen molar-refractivity contribution >= 4 is 5.82 Å². The Morgan fingerprint density at radius 3 is 2.80 bits per heavy atom. The third kappa shape index (κ3) is 2.45. The normalized spacial score (nSPS) is 16.9. The first kappa shape index (κ1) is 10.4. The van der Waals surface area contributed by atoms with Crippen LogP contribution in [-0.4, -0.2) is 34.3 Å². The van der Waals surface area contributed by atoms with Gasteiger partial charge in [-0.2, -0.15) is 0 Å². The van der Waals surface area contributed by atoms with Crippen LogP contribution in [0.1, 0.15) is 25.7 Å². The Hall–Kier alpha value is -1.16. The van der Waals surface area contributed by atoms with E-state index in [2.05, 4.69) is 14.9 Å². The molecule has 0 amide bonds. The lowest BCUT2D eigenvalue weighted by molar-refractivity contribution is 0.297. The number of anilines is 1. The third-order valence-electron chi connectivity index (χ3n) is 2.97. The predicted molar refractivity (Wildman–Crippen MR) is 58.7 cm³/mol. The molecule has 2 rings (SSSR count). The summed E-state index contributed by atoms with van der Waals surface area (Å²) in [7, 11) is 0. The molecule has 1 fully saturated rings. The number of hydrogen-bond acceptors (Lipinski definition) is 4. The Balaban J connectivity index is 2.11. The average molecular weight is 207 g/mol. The largest absolute Gasteiger partial charge is 0.395 e. The summed E-state index contributed by atoms with van der Waals surface area (Å²) in [6.07, 6.45) is 8.32. The molecule has 1 aliphatic carbocycles. The van der Waals surface area contributed by atoms with Gasteiger partial charge in [0, 0.05) is 18.8 Å². The molecular weight excluding hydrogens is 190 g/mol. The van der Waals surface area contributed by atoms with E-state index in [1.54, 1.807) is 12.5 Å². The second-order valence-corrected chi connectivity index (χ2v) is 3.92. The Kier molecular flexibility index (Phi) is 3.50. The molecule has 0 atom stereocenters. The fraction of sp³-hybridized carbons (Fsp3) is 0.636. The summed E-state index contributed by atoms with van der Waals surface area (Å²) < 4.78 is 0. The molecule has 0 spiro atoms. The quantitative estimate of drug-likeness (QED) is 0.806. The first-order valence-electron chi connectivity index (χ1n) is 5.55. The number of nitrogens with zero attached hydrogens (tertiary/aromatic N) is 3. The standard InChI is InChI=1S/C11H17N3O/c15-8-7-14(10-3-1-2-4-10)11-5-6-12-9-13-11/h5-6,9-10,15H,1-4,7-8H2. The van der Waals surface area contributed by atoms with Gasteiger partial charge in [-0.15, -0.1) is 0 Å². The van der Waals surface area contributed by atoms with E-state index < -0.39 is 0 Å². The molecule has 1 aromatic heterocycles. The molecule has 0 aliphatic heterocycles. The van der Waals surface area contributed by atoms with Gasteiger partial charge in [0.25, 0.3) is 0 Å². The lowest BCUT2D eigenvalue weighted by Gasteiger charge is -2.29. The van der Waals surface area contributed by atoms with Gasteiger partial charge in [0.2, 0.25) is 0 Å². The Labute approximate surface area is 90.0 Å². The van der Waals surface area contributed by atoms with Gasteiger partial charge in [-0.1, -0.05) is 12.8 Å². The van der Waals surface area contributed by atoms with Crippen molar-refractivity contribution in [3.8, 4) is 0 Å². The summed E-state index contributed by atoms with van der Waals surface area (Å²) in [6, 6.07) is 2.46. The zero-order chi connectivity index (χ0) is 10.5. The summed E-state index contributed by atoms with van der Waals surface area (Å²) in [5.74, 6) is 0.936. The number of rotatable bonds is 4. The van der Waals surface area contributed by atoms with Crippen molar-refractivity contribution in [2.75, 3.05) is 18.1 Å². The van der Waals surface area contributed by atoms with E-state index in [-0.39, 0.29) is 6.61 Å². The van der Waals surface area contributed by atoms with Crippen molar-refractivity contribution in [3.63, 3.8) is 0 Å². The van der Waals surface area contributed by atoms with Crippen LogP contribution in [0.15, 0.2) is 18.6 Å². The van der Waals surface area contributed by atoms with Gasteiger partial charge in [-0.3, -0.25) is 0 Å². The zero-order valence-corrected chi connectivity index (χ0v) is 8.84. The zero-order valence-electron chi connectivity index (χ0n) is 8.84. The van der Waals surface area contributed by atoms with Crippen LogP contribution >= 0.6 is 0 Å². The molecule has 0 bridgehead atoms. The second kappa shape index (κ2) is 5.07. The SMILES string of the molecule is OCCN(c1ccncn1)C1CCCC1. The molecule has 0 aromatic carbocycles. The predicted octanol–water partition coefficient (Wildman–Crippen LogP) is 1.22. The van der Waals surface area contributed by atoms with Gasteiger partial charge in [-0.25, -0.2) is 9.97 Å². The summed E-state index contributed by atoms with van der Waals surface area (Å²) in [5, 5.41) is 9.07. The minimum Gasteiger partial charge on any atom is -0.395 e. The smallest absolute Gasteiger partial charge is 0.132 e. The van der Waals surface area contributed by atoms with Crippen LogP contribution in [-0.2, 0) is 0 Å². The molecule has 0 unspecified atom stereocenters. The van der Waals surface area contributed by atoms with Crippen molar-refractivity contribution in [2.45, 2.75) is 31.7 Å². The molecule has 1 aromatic rings. The first-order valence-corrected chi connectivity index (χ1v) is 5.55. The number of hydrogen-bond donors (Lipinski definition) is 1. The summed E-state index contributed by atoms with van der Waals surface area (Å²) in [4.78, 5) is 10.4. The highest BCUT2D eigenvalue weighted by molar-refractivity contribution is 5.38. The van der Waals surface area contributed by atoms with Gasteiger partial charge in [-0.05, 0) is 18.9 Å². The maximum Gasteiger partial charge on any atom is 0.132 e. The highest BCUT2D eigenvalue weighted by Gasteiger charge is 2.22. The molecule has 0 saturated heterocycles. The first-order chi connectivity index (χ1) is 7.42. The molecule has 15 heavy (non-hydrogen) atoms. The Bertz CT molecular complexity index is 285. The van der Waals surface area contributed by atoms with Crippen LogP contribution in [0.4, 0.5) is 5.82 Å². The molecular formula is C11H17N3O. The lowest BCUT2D eigenvalue weighted by atomic mass is 10.2. The maximum atomic E-state index is 9.07. The highest BCUT2D eigenvalue weighted by atomic mass is 16.3. The Morgan fingerprint density at radius 2 is 2.20 bits per heavy atom. The number of aliphatic hydroxyl groups excluding tert-OH is 1. The maximum absolute atomic E-state index is 9.07. The van der Waals surface area contributed by atoms with E-state index in [0.29, 0.717) is 12.6 Å². The van der Waals surface area contributed by atoms with Crippen LogP contribution < -0.4 is 4.90 Å². The number of aromatic nitrogens is 2. The third-order valence-corrected chi connectivity index (χ3v) is 2.97. The van der Waals surface area contributed by atoms with Gasteiger partial charge in [0.15, 0.2) is 0 Å². The van der Waals surface area contributed by atoms with Gasteiger partial charge < -0.3 is 10.0 Å². The van der Waals surface area contributed by atoms with Crippen molar-refractivity contribution in [3.05, 3.63) is 18.6 Å². The monoisotopic (exact) mass is 207 g/mol. The summed E-state index contributed by atoms with van der Waals surface area (Å²) in [5.41, 5.74) is 0. The van der Waals surface area contributed by atoms with Gasteiger partial charge in [0.05, 0.1) is 6.61 Å². The highest BCUT2D eigenvalue weighted by Crippen LogP contribution is 2.26. The molecule has 1 N–H and O–H groups in total. The average Bonchev–Trinajstić information content (AvgIpc) is 2.80. The van der Waals surface area contributed by atoms with Crippen LogP contribution in [0.3, 0.4) is 0 Å². The van der Waals surface area contributed by atoms with Crippen LogP contribution in [0.2, 0.25) is 0 Å². The second-order valence-electron chi connectivity index (χ2n) is 3.92. The minimum absolute atomic E-state index is 0.181. The van der Waals surface area contributed by atoms with Gasteiger partial charge >= 0.3 is 0 Å². The van der Waals surface area contributed by atoms with E-state index in [9.17, 15) is 0 Å². The van der Waals surface area contributed by atoms with Crippen molar-refractivity contribution < 1.29 is 5.11 Å². The van der Waals surface area contributed by atoms with E-state index in [1.165, 1.54) is 25.7 Å². The number of aliphatic hydroxyl groups is 1. The van der Waals surface area contributed by atoms with Crippen molar-refractivity contribution in [2.24, 2.45) is 0 Å². The van der Waals surface area contributed by atoms with E-state index >= 15 is 0 Å². The summed E-state index contributed by atoms with van der Waals surface area (Å²) in [6.45, 7) is 0.849. The molecule has 4 nitrogen and oxygen atoms in total. The summed E-state index contributed by atoms with van der Waals surface area (Å²) >= 11 is 0.